The van der Waals surface area contributed by atoms with Crippen LogP contribution in [0.15, 0.2) is 67.1 Å². The molecule has 0 spiro atoms. The van der Waals surface area contributed by atoms with Crippen molar-refractivity contribution in [1.29, 1.82) is 0 Å². The highest BCUT2D eigenvalue weighted by atomic mass is 16.5. The van der Waals surface area contributed by atoms with E-state index in [0.29, 0.717) is 6.54 Å². The number of alkyl carbamates (subject to hydrolysis) is 1. The van der Waals surface area contributed by atoms with Gasteiger partial charge in [-0.1, -0.05) is 50.2 Å². The average molecular weight is 674 g/mol. The van der Waals surface area contributed by atoms with Crippen LogP contribution in [0.25, 0.3) is 44.5 Å². The van der Waals surface area contributed by atoms with Crippen molar-refractivity contribution in [3.05, 3.63) is 85.2 Å². The molecule has 50 heavy (non-hydrogen) atoms. The quantitative estimate of drug-likeness (QED) is 0.168. The molecule has 5 aromatic rings. The van der Waals surface area contributed by atoms with Crippen LogP contribution in [0.4, 0.5) is 4.79 Å². The van der Waals surface area contributed by atoms with Gasteiger partial charge < -0.3 is 29.8 Å². The number of aromatic nitrogens is 5. The fraction of sp³-hybridized carbons (Fsp3) is 0.342. The SMILES string of the molecule is COC(=O)NCC(=O)N1CCC[C@H]1c1ncc(-c2ccc3cc(-c4ccc(-c5cnc([C@@H]6CCCN6C(=O)[CH]C(C)C)[nH]5)cc4)cnc3c2)[nH]1. The second-order valence-electron chi connectivity index (χ2n) is 13.3. The van der Waals surface area contributed by atoms with Crippen molar-refractivity contribution in [3.63, 3.8) is 0 Å². The van der Waals surface area contributed by atoms with Gasteiger partial charge in [-0.15, -0.1) is 0 Å². The lowest BCUT2D eigenvalue weighted by atomic mass is 10.0. The van der Waals surface area contributed by atoms with E-state index in [4.69, 9.17) is 4.98 Å². The Labute approximate surface area is 290 Å². The van der Waals surface area contributed by atoms with Crippen LogP contribution in [-0.2, 0) is 14.3 Å². The van der Waals surface area contributed by atoms with Gasteiger partial charge in [0.2, 0.25) is 11.8 Å². The Morgan fingerprint density at radius 1 is 0.820 bits per heavy atom. The van der Waals surface area contributed by atoms with E-state index in [0.717, 1.165) is 88.4 Å². The number of rotatable bonds is 9. The molecule has 257 valence electrons. The van der Waals surface area contributed by atoms with Gasteiger partial charge in [-0.05, 0) is 54.9 Å². The van der Waals surface area contributed by atoms with E-state index in [2.05, 4.69) is 66.4 Å². The molecule has 12 heteroatoms. The highest BCUT2D eigenvalue weighted by molar-refractivity contribution is 5.88. The molecule has 3 amide bonds. The molecule has 12 nitrogen and oxygen atoms in total. The Kier molecular flexibility index (Phi) is 9.34. The molecule has 0 unspecified atom stereocenters. The smallest absolute Gasteiger partial charge is 0.407 e. The largest absolute Gasteiger partial charge is 0.453 e. The lowest BCUT2D eigenvalue weighted by Gasteiger charge is -2.23. The fourth-order valence-corrected chi connectivity index (χ4v) is 6.96. The Morgan fingerprint density at radius 2 is 1.44 bits per heavy atom. The summed E-state index contributed by atoms with van der Waals surface area (Å²) in [5.41, 5.74) is 6.68. The maximum Gasteiger partial charge on any atom is 0.407 e. The molecule has 2 saturated heterocycles. The number of benzene rings is 2. The number of likely N-dealkylation sites (tertiary alicyclic amines) is 2. The second kappa shape index (κ2) is 14.1. The second-order valence-corrected chi connectivity index (χ2v) is 13.3. The molecule has 0 bridgehead atoms. The van der Waals surface area contributed by atoms with Crippen molar-refractivity contribution in [2.75, 3.05) is 26.7 Å². The number of carbonyl (C=O) groups excluding carboxylic acids is 3. The van der Waals surface area contributed by atoms with E-state index in [1.165, 1.54) is 7.11 Å². The molecule has 2 fully saturated rings. The molecule has 2 aromatic carbocycles. The number of aromatic amines is 2. The predicted octanol–water partition coefficient (Wildman–Crippen LogP) is 6.23. The van der Waals surface area contributed by atoms with Crippen molar-refractivity contribution in [3.8, 4) is 33.6 Å². The first-order valence-corrected chi connectivity index (χ1v) is 17.1. The number of amides is 3. The summed E-state index contributed by atoms with van der Waals surface area (Å²) >= 11 is 0. The average Bonchev–Trinajstić information content (AvgIpc) is 3.96. The minimum atomic E-state index is -0.633. The van der Waals surface area contributed by atoms with Crippen LogP contribution in [0.5, 0.6) is 0 Å². The van der Waals surface area contributed by atoms with Crippen molar-refractivity contribution >= 4 is 28.8 Å². The number of ether oxygens (including phenoxy) is 1. The Balaban J connectivity index is 1.03. The number of hydrogen-bond acceptors (Lipinski definition) is 7. The van der Waals surface area contributed by atoms with Crippen LogP contribution in [0.2, 0.25) is 0 Å². The summed E-state index contributed by atoms with van der Waals surface area (Å²) in [6.07, 6.45) is 10.2. The van der Waals surface area contributed by atoms with Gasteiger partial charge in [0.25, 0.3) is 0 Å². The molecule has 2 atom stereocenters. The summed E-state index contributed by atoms with van der Waals surface area (Å²) in [5, 5.41) is 3.48. The minimum absolute atomic E-state index is 0.0264. The minimum Gasteiger partial charge on any atom is -0.453 e. The Morgan fingerprint density at radius 3 is 2.12 bits per heavy atom. The zero-order valence-corrected chi connectivity index (χ0v) is 28.5. The van der Waals surface area contributed by atoms with Gasteiger partial charge in [0, 0.05) is 35.8 Å². The third-order valence-corrected chi connectivity index (χ3v) is 9.50. The fourth-order valence-electron chi connectivity index (χ4n) is 6.96. The third-order valence-electron chi connectivity index (χ3n) is 9.50. The number of nitrogens with zero attached hydrogens (tertiary/aromatic N) is 5. The number of pyridine rings is 1. The number of imidazole rings is 2. The summed E-state index contributed by atoms with van der Waals surface area (Å²) < 4.78 is 4.58. The molecule has 1 radical (unpaired) electrons. The summed E-state index contributed by atoms with van der Waals surface area (Å²) in [6.45, 7) is 5.29. The summed E-state index contributed by atoms with van der Waals surface area (Å²) in [7, 11) is 1.27. The Bertz CT molecular complexity index is 2020. The molecular weight excluding hydrogens is 632 g/mol. The van der Waals surface area contributed by atoms with E-state index in [1.54, 1.807) is 17.5 Å². The van der Waals surface area contributed by atoms with Crippen LogP contribution in [0.1, 0.15) is 63.3 Å². The molecule has 2 aliphatic rings. The normalized spacial score (nSPS) is 17.5. The van der Waals surface area contributed by atoms with Gasteiger partial charge in [0.05, 0.1) is 54.9 Å². The Hall–Kier alpha value is -5.52. The number of nitrogens with one attached hydrogen (secondary N) is 3. The van der Waals surface area contributed by atoms with Crippen molar-refractivity contribution < 1.29 is 19.1 Å². The first kappa shape index (κ1) is 33.0. The van der Waals surface area contributed by atoms with Crippen molar-refractivity contribution in [2.24, 2.45) is 5.92 Å². The molecule has 3 N–H and O–H groups in total. The molecule has 2 aliphatic heterocycles. The van der Waals surface area contributed by atoms with Gasteiger partial charge >= 0.3 is 6.09 Å². The highest BCUT2D eigenvalue weighted by Gasteiger charge is 2.33. The maximum absolute atomic E-state index is 12.8. The van der Waals surface area contributed by atoms with E-state index >= 15 is 0 Å². The summed E-state index contributed by atoms with van der Waals surface area (Å²) in [5.74, 6) is 1.66. The molecule has 5 heterocycles. The number of hydrogen-bond donors (Lipinski definition) is 3. The number of methoxy groups -OCH3 is 1. The zero-order valence-electron chi connectivity index (χ0n) is 28.5. The number of fused-ring (bicyclic) bond motifs is 1. The van der Waals surface area contributed by atoms with E-state index < -0.39 is 6.09 Å². The monoisotopic (exact) mass is 673 g/mol. The lowest BCUT2D eigenvalue weighted by molar-refractivity contribution is -0.131. The van der Waals surface area contributed by atoms with E-state index in [-0.39, 0.29) is 36.4 Å². The molecule has 7 rings (SSSR count). The molecule has 0 saturated carbocycles. The topological polar surface area (TPSA) is 149 Å². The van der Waals surface area contributed by atoms with Crippen LogP contribution in [0, 0.1) is 12.3 Å². The van der Waals surface area contributed by atoms with E-state index in [1.807, 2.05) is 43.3 Å². The number of carbonyl (C=O) groups is 3. The lowest BCUT2D eigenvalue weighted by Crippen LogP contribution is -2.40. The van der Waals surface area contributed by atoms with Crippen molar-refractivity contribution in [1.82, 2.24) is 40.0 Å². The van der Waals surface area contributed by atoms with Gasteiger partial charge in [-0.3, -0.25) is 14.6 Å². The van der Waals surface area contributed by atoms with E-state index in [9.17, 15) is 14.4 Å². The summed E-state index contributed by atoms with van der Waals surface area (Å²) in [6, 6.07) is 16.4. The van der Waals surface area contributed by atoms with Crippen molar-refractivity contribution in [2.45, 2.75) is 51.6 Å². The molecule has 0 aliphatic carbocycles. The van der Waals surface area contributed by atoms with Crippen LogP contribution in [-0.4, -0.2) is 79.4 Å². The number of H-pyrrole nitrogens is 2. The standard InChI is InChI=1S/C38H41N8O4/c1-23(2)16-34(47)45-14-4-6-32(45)36-40-20-30(43-36)25-10-8-24(9-11-25)28-17-26-12-13-27(18-29(26)39-19-28)31-21-41-37(44-31)33-7-5-15-46(33)35(48)22-42-38(49)50-3/h8-13,16-21,23,32-33H,4-7,14-15,22H2,1-3H3,(H,40,43)(H,41,44)(H,42,49)/t32-,33-/m0/s1. The third kappa shape index (κ3) is 6.83. The van der Waals surface area contributed by atoms with Crippen LogP contribution >= 0.6 is 0 Å². The van der Waals surface area contributed by atoms with Crippen LogP contribution < -0.4 is 5.32 Å². The first-order valence-electron chi connectivity index (χ1n) is 17.1. The van der Waals surface area contributed by atoms with Gasteiger partial charge in [-0.2, -0.15) is 0 Å². The first-order chi connectivity index (χ1) is 24.3. The highest BCUT2D eigenvalue weighted by Crippen LogP contribution is 2.34. The predicted molar refractivity (Wildman–Crippen MR) is 189 cm³/mol. The molecular formula is C38H41N8O4. The zero-order chi connectivity index (χ0) is 34.8. The molecule has 3 aromatic heterocycles. The summed E-state index contributed by atoms with van der Waals surface area (Å²) in [4.78, 5) is 61.6. The maximum atomic E-state index is 12.8. The van der Waals surface area contributed by atoms with Gasteiger partial charge in [-0.25, -0.2) is 14.8 Å². The van der Waals surface area contributed by atoms with Gasteiger partial charge in [0.15, 0.2) is 0 Å². The van der Waals surface area contributed by atoms with Gasteiger partial charge in [0.1, 0.15) is 18.2 Å². The van der Waals surface area contributed by atoms with Crippen LogP contribution in [0.3, 0.4) is 0 Å².